The van der Waals surface area contributed by atoms with Gasteiger partial charge in [0, 0.05) is 13.0 Å². The van der Waals surface area contributed by atoms with Gasteiger partial charge >= 0.3 is 12.1 Å². The monoisotopic (exact) mass is 353 g/mol. The number of esters is 1. The number of carbonyl (C=O) groups excluding carboxylic acids is 2. The zero-order valence-electron chi connectivity index (χ0n) is 14.9. The fourth-order valence-electron chi connectivity index (χ4n) is 3.51. The number of ether oxygens (including phenoxy) is 2. The normalized spacial score (nSPS) is 19.2. The van der Waals surface area contributed by atoms with Crippen LogP contribution in [0, 0.1) is 0 Å². The van der Waals surface area contributed by atoms with E-state index in [4.69, 9.17) is 9.47 Å². The van der Waals surface area contributed by atoms with E-state index in [-0.39, 0.29) is 12.6 Å². The topological polar surface area (TPSA) is 55.8 Å². The molecule has 1 fully saturated rings. The fourth-order valence-corrected chi connectivity index (χ4v) is 3.51. The molecule has 5 nitrogen and oxygen atoms in total. The van der Waals surface area contributed by atoms with Crippen molar-refractivity contribution in [2.24, 2.45) is 0 Å². The van der Waals surface area contributed by atoms with Crippen LogP contribution in [0.3, 0.4) is 0 Å². The summed E-state index contributed by atoms with van der Waals surface area (Å²) < 4.78 is 10.5. The molecule has 1 unspecified atom stereocenters. The maximum absolute atomic E-state index is 13.1. The highest BCUT2D eigenvalue weighted by Gasteiger charge is 2.51. The van der Waals surface area contributed by atoms with Crippen molar-refractivity contribution in [3.8, 4) is 0 Å². The molecular formula is C21H23NO4. The Kier molecular flexibility index (Phi) is 5.56. The number of carbonyl (C=O) groups is 2. The van der Waals surface area contributed by atoms with Crippen LogP contribution in [0.2, 0.25) is 0 Å². The van der Waals surface area contributed by atoms with E-state index in [1.54, 1.807) is 0 Å². The van der Waals surface area contributed by atoms with Gasteiger partial charge in [0.1, 0.15) is 12.1 Å². The first-order valence-electron chi connectivity index (χ1n) is 8.76. The number of amides is 1. The molecule has 5 heteroatoms. The SMILES string of the molecule is COC(=O)N1CCCC1(Cc1ccccc1)C(=O)OCc1ccccc1. The molecular weight excluding hydrogens is 330 g/mol. The average Bonchev–Trinajstić information content (AvgIpc) is 3.11. The van der Waals surface area contributed by atoms with Gasteiger partial charge in [-0.3, -0.25) is 4.90 Å². The van der Waals surface area contributed by atoms with E-state index in [2.05, 4.69) is 0 Å². The molecule has 136 valence electrons. The molecule has 0 aliphatic carbocycles. The van der Waals surface area contributed by atoms with Gasteiger partial charge in [0.25, 0.3) is 0 Å². The summed E-state index contributed by atoms with van der Waals surface area (Å²) >= 11 is 0. The molecule has 1 heterocycles. The predicted molar refractivity (Wildman–Crippen MR) is 97.5 cm³/mol. The lowest BCUT2D eigenvalue weighted by Crippen LogP contribution is -2.55. The van der Waals surface area contributed by atoms with Crippen LogP contribution >= 0.6 is 0 Å². The Hall–Kier alpha value is -2.82. The molecule has 2 aromatic rings. The second-order valence-electron chi connectivity index (χ2n) is 6.48. The van der Waals surface area contributed by atoms with Gasteiger partial charge < -0.3 is 9.47 Å². The molecule has 0 spiro atoms. The molecule has 0 saturated carbocycles. The predicted octanol–water partition coefficient (Wildman–Crippen LogP) is 3.57. The van der Waals surface area contributed by atoms with Gasteiger partial charge in [-0.05, 0) is 24.0 Å². The highest BCUT2D eigenvalue weighted by molar-refractivity contribution is 5.87. The summed E-state index contributed by atoms with van der Waals surface area (Å²) in [5.41, 5.74) is 0.877. The second-order valence-corrected chi connectivity index (χ2v) is 6.48. The number of methoxy groups -OCH3 is 1. The fraction of sp³-hybridized carbons (Fsp3) is 0.333. The molecule has 0 bridgehead atoms. The summed E-state index contributed by atoms with van der Waals surface area (Å²) in [6.45, 7) is 0.672. The molecule has 26 heavy (non-hydrogen) atoms. The van der Waals surface area contributed by atoms with E-state index in [9.17, 15) is 9.59 Å². The van der Waals surface area contributed by atoms with Gasteiger partial charge in [-0.2, -0.15) is 0 Å². The summed E-state index contributed by atoms with van der Waals surface area (Å²) in [7, 11) is 1.34. The third-order valence-corrected chi connectivity index (χ3v) is 4.82. The smallest absolute Gasteiger partial charge is 0.410 e. The third-order valence-electron chi connectivity index (χ3n) is 4.82. The van der Waals surface area contributed by atoms with Crippen molar-refractivity contribution < 1.29 is 19.1 Å². The quantitative estimate of drug-likeness (QED) is 0.771. The molecule has 0 radical (unpaired) electrons. The third kappa shape index (κ3) is 3.72. The lowest BCUT2D eigenvalue weighted by atomic mass is 9.88. The Bertz CT molecular complexity index is 747. The van der Waals surface area contributed by atoms with Crippen LogP contribution in [0.15, 0.2) is 60.7 Å². The second kappa shape index (κ2) is 8.04. The number of hydrogen-bond donors (Lipinski definition) is 0. The molecule has 0 N–H and O–H groups in total. The Balaban J connectivity index is 1.84. The lowest BCUT2D eigenvalue weighted by Gasteiger charge is -2.35. The molecule has 1 aliphatic rings. The van der Waals surface area contributed by atoms with Crippen molar-refractivity contribution >= 4 is 12.1 Å². The van der Waals surface area contributed by atoms with E-state index in [0.29, 0.717) is 19.4 Å². The number of likely N-dealkylation sites (tertiary alicyclic amines) is 1. The van der Waals surface area contributed by atoms with Crippen LogP contribution in [0.1, 0.15) is 24.0 Å². The average molecular weight is 353 g/mol. The van der Waals surface area contributed by atoms with Crippen LogP contribution in [0.5, 0.6) is 0 Å². The van der Waals surface area contributed by atoms with Crippen molar-refractivity contribution in [3.05, 3.63) is 71.8 Å². The first kappa shape index (κ1) is 18.0. The summed E-state index contributed by atoms with van der Waals surface area (Å²) in [5, 5.41) is 0. The molecule has 3 rings (SSSR count). The van der Waals surface area contributed by atoms with Crippen molar-refractivity contribution in [1.82, 2.24) is 4.90 Å². The Morgan fingerprint density at radius 3 is 2.23 bits per heavy atom. The number of hydrogen-bond acceptors (Lipinski definition) is 4. The maximum atomic E-state index is 13.1. The summed E-state index contributed by atoms with van der Waals surface area (Å²) in [4.78, 5) is 26.9. The molecule has 1 saturated heterocycles. The number of benzene rings is 2. The van der Waals surface area contributed by atoms with Crippen LogP contribution in [-0.2, 0) is 27.3 Å². The van der Waals surface area contributed by atoms with Crippen molar-refractivity contribution in [1.29, 1.82) is 0 Å². The van der Waals surface area contributed by atoms with Gasteiger partial charge in [-0.15, -0.1) is 0 Å². The molecule has 0 aromatic heterocycles. The van der Waals surface area contributed by atoms with Crippen molar-refractivity contribution in [2.75, 3.05) is 13.7 Å². The standard InChI is InChI=1S/C21H23NO4/c1-25-20(24)22-14-8-13-21(22,15-17-9-4-2-5-10-17)19(23)26-16-18-11-6-3-7-12-18/h2-7,9-12H,8,13-16H2,1H3. The number of nitrogens with zero attached hydrogens (tertiary/aromatic N) is 1. The number of rotatable bonds is 5. The van der Waals surface area contributed by atoms with Gasteiger partial charge in [-0.25, -0.2) is 9.59 Å². The Morgan fingerprint density at radius 1 is 1.00 bits per heavy atom. The Labute approximate surface area is 153 Å². The van der Waals surface area contributed by atoms with Crippen LogP contribution in [-0.4, -0.2) is 36.2 Å². The summed E-state index contributed by atoms with van der Waals surface area (Å²) in [6.07, 6.45) is 1.22. The van der Waals surface area contributed by atoms with Gasteiger partial charge in [-0.1, -0.05) is 60.7 Å². The summed E-state index contributed by atoms with van der Waals surface area (Å²) in [6, 6.07) is 19.2. The minimum Gasteiger partial charge on any atom is -0.459 e. The molecule has 1 atom stereocenters. The van der Waals surface area contributed by atoms with Gasteiger partial charge in [0.05, 0.1) is 7.11 Å². The van der Waals surface area contributed by atoms with Crippen LogP contribution in [0.4, 0.5) is 4.79 Å². The molecule has 2 aromatic carbocycles. The largest absolute Gasteiger partial charge is 0.459 e. The minimum atomic E-state index is -1.02. The van der Waals surface area contributed by atoms with E-state index < -0.39 is 11.6 Å². The Morgan fingerprint density at radius 2 is 1.62 bits per heavy atom. The van der Waals surface area contributed by atoms with E-state index in [0.717, 1.165) is 17.5 Å². The zero-order chi connectivity index (χ0) is 18.4. The highest BCUT2D eigenvalue weighted by atomic mass is 16.6. The lowest BCUT2D eigenvalue weighted by molar-refractivity contribution is -0.157. The van der Waals surface area contributed by atoms with Crippen LogP contribution in [0.25, 0.3) is 0 Å². The zero-order valence-corrected chi connectivity index (χ0v) is 14.9. The van der Waals surface area contributed by atoms with Gasteiger partial charge in [0.2, 0.25) is 0 Å². The highest BCUT2D eigenvalue weighted by Crippen LogP contribution is 2.35. The van der Waals surface area contributed by atoms with E-state index >= 15 is 0 Å². The minimum absolute atomic E-state index is 0.186. The van der Waals surface area contributed by atoms with Crippen molar-refractivity contribution in [3.63, 3.8) is 0 Å². The first-order chi connectivity index (χ1) is 12.7. The first-order valence-corrected chi connectivity index (χ1v) is 8.76. The molecule has 1 aliphatic heterocycles. The van der Waals surface area contributed by atoms with E-state index in [1.807, 2.05) is 60.7 Å². The van der Waals surface area contributed by atoms with Gasteiger partial charge in [0.15, 0.2) is 0 Å². The van der Waals surface area contributed by atoms with Crippen molar-refractivity contribution in [2.45, 2.75) is 31.4 Å². The van der Waals surface area contributed by atoms with Crippen LogP contribution < -0.4 is 0 Å². The molecule has 1 amide bonds. The maximum Gasteiger partial charge on any atom is 0.410 e. The van der Waals surface area contributed by atoms with E-state index in [1.165, 1.54) is 12.0 Å². The summed E-state index contributed by atoms with van der Waals surface area (Å²) in [5.74, 6) is -0.381.